The Bertz CT molecular complexity index is 663. The molecule has 2 aromatic rings. The lowest BCUT2D eigenvalue weighted by atomic mass is 10.1. The summed E-state index contributed by atoms with van der Waals surface area (Å²) in [4.78, 5) is 2.23. The predicted molar refractivity (Wildman–Crippen MR) is 92.0 cm³/mol. The quantitative estimate of drug-likeness (QED) is 0.795. The van der Waals surface area contributed by atoms with Crippen molar-refractivity contribution in [3.63, 3.8) is 0 Å². The van der Waals surface area contributed by atoms with Crippen molar-refractivity contribution in [2.24, 2.45) is 0 Å². The number of thiocarbonyl (C=S) groups is 1. The molecule has 0 saturated carbocycles. The van der Waals surface area contributed by atoms with Crippen LogP contribution in [0.5, 0.6) is 0 Å². The number of aromatic nitrogens is 1. The number of hydrogen-bond donors (Lipinski definition) is 1. The summed E-state index contributed by atoms with van der Waals surface area (Å²) < 4.78 is 2.37. The van der Waals surface area contributed by atoms with Crippen molar-refractivity contribution in [3.8, 4) is 0 Å². The molecule has 1 aromatic carbocycles. The molecule has 1 N–H and O–H groups in total. The zero-order chi connectivity index (χ0) is 15.0. The highest BCUT2D eigenvalue weighted by molar-refractivity contribution is 7.80. The van der Waals surface area contributed by atoms with Gasteiger partial charge in [-0.15, -0.1) is 0 Å². The molecule has 0 amide bonds. The Hall–Kier alpha value is -1.52. The van der Waals surface area contributed by atoms with Gasteiger partial charge < -0.3 is 14.8 Å². The molecule has 1 aromatic heterocycles. The zero-order valence-corrected chi connectivity index (χ0v) is 13.7. The molecule has 0 spiro atoms. The van der Waals surface area contributed by atoms with Crippen molar-refractivity contribution in [3.05, 3.63) is 52.8 Å². The third-order valence-electron chi connectivity index (χ3n) is 4.05. The number of hydrogen-bond acceptors (Lipinski definition) is 1. The second-order valence-corrected chi connectivity index (χ2v) is 6.18. The van der Waals surface area contributed by atoms with Gasteiger partial charge in [0.1, 0.15) is 0 Å². The number of benzene rings is 1. The lowest BCUT2D eigenvalue weighted by molar-refractivity contribution is 0.274. The summed E-state index contributed by atoms with van der Waals surface area (Å²) in [6, 6.07) is 12.2. The normalized spacial score (nSPS) is 17.5. The van der Waals surface area contributed by atoms with Crippen LogP contribution in [0.25, 0.3) is 0 Å². The molecule has 21 heavy (non-hydrogen) atoms. The SMILES string of the molecule is Cc1ccc2n1CCN(C(=S)Nc1ccc(Cl)cc1)[C@@H]2C. The Balaban J connectivity index is 1.75. The van der Waals surface area contributed by atoms with Gasteiger partial charge in [-0.25, -0.2) is 0 Å². The van der Waals surface area contributed by atoms with Gasteiger partial charge in [0.05, 0.1) is 6.04 Å². The second-order valence-electron chi connectivity index (χ2n) is 5.36. The molecule has 3 nitrogen and oxygen atoms in total. The van der Waals surface area contributed by atoms with Crippen molar-refractivity contribution in [2.75, 3.05) is 11.9 Å². The van der Waals surface area contributed by atoms with Gasteiger partial charge in [-0.3, -0.25) is 0 Å². The lowest BCUT2D eigenvalue weighted by Crippen LogP contribution is -2.43. The molecular formula is C16H18ClN3S. The number of nitrogens with one attached hydrogen (secondary N) is 1. The van der Waals surface area contributed by atoms with Gasteiger partial charge in [-0.1, -0.05) is 11.6 Å². The van der Waals surface area contributed by atoms with E-state index in [-0.39, 0.29) is 6.04 Å². The van der Waals surface area contributed by atoms with E-state index in [1.807, 2.05) is 24.3 Å². The van der Waals surface area contributed by atoms with Crippen LogP contribution >= 0.6 is 23.8 Å². The minimum atomic E-state index is 0.278. The maximum Gasteiger partial charge on any atom is 0.174 e. The predicted octanol–water partition coefficient (Wildman–Crippen LogP) is 4.22. The van der Waals surface area contributed by atoms with Crippen LogP contribution in [-0.2, 0) is 6.54 Å². The number of aryl methyl sites for hydroxylation is 1. The van der Waals surface area contributed by atoms with Crippen LogP contribution in [0, 0.1) is 6.92 Å². The van der Waals surface area contributed by atoms with Crippen LogP contribution < -0.4 is 5.32 Å². The molecular weight excluding hydrogens is 302 g/mol. The molecule has 110 valence electrons. The Morgan fingerprint density at radius 3 is 2.62 bits per heavy atom. The number of nitrogens with zero attached hydrogens (tertiary/aromatic N) is 2. The van der Waals surface area contributed by atoms with Crippen LogP contribution in [0.1, 0.15) is 24.4 Å². The first kappa shape index (κ1) is 14.4. The maximum atomic E-state index is 5.90. The molecule has 0 aliphatic carbocycles. The van der Waals surface area contributed by atoms with Crippen LogP contribution in [0.3, 0.4) is 0 Å². The van der Waals surface area contributed by atoms with Gasteiger partial charge in [0, 0.05) is 35.2 Å². The smallest absolute Gasteiger partial charge is 0.174 e. The Labute approximate surface area is 135 Å². The van der Waals surface area contributed by atoms with Crippen LogP contribution in [-0.4, -0.2) is 21.1 Å². The topological polar surface area (TPSA) is 20.2 Å². The van der Waals surface area contributed by atoms with Gasteiger partial charge in [-0.2, -0.15) is 0 Å². The molecule has 0 radical (unpaired) electrons. The molecule has 5 heteroatoms. The first-order chi connectivity index (χ1) is 10.1. The number of fused-ring (bicyclic) bond motifs is 1. The van der Waals surface area contributed by atoms with Crippen molar-refractivity contribution in [2.45, 2.75) is 26.4 Å². The summed E-state index contributed by atoms with van der Waals surface area (Å²) >= 11 is 11.5. The summed E-state index contributed by atoms with van der Waals surface area (Å²) in [7, 11) is 0. The average Bonchev–Trinajstić information content (AvgIpc) is 2.84. The van der Waals surface area contributed by atoms with Gasteiger partial charge in [0.2, 0.25) is 0 Å². The first-order valence-electron chi connectivity index (χ1n) is 7.05. The number of rotatable bonds is 1. The molecule has 0 unspecified atom stereocenters. The minimum absolute atomic E-state index is 0.278. The molecule has 1 aliphatic heterocycles. The largest absolute Gasteiger partial charge is 0.345 e. The van der Waals surface area contributed by atoms with E-state index < -0.39 is 0 Å². The van der Waals surface area contributed by atoms with Crippen molar-refractivity contribution < 1.29 is 0 Å². The van der Waals surface area contributed by atoms with E-state index in [1.54, 1.807) is 0 Å². The monoisotopic (exact) mass is 319 g/mol. The molecule has 0 saturated heterocycles. The van der Waals surface area contributed by atoms with E-state index in [9.17, 15) is 0 Å². The van der Waals surface area contributed by atoms with E-state index in [1.165, 1.54) is 11.4 Å². The van der Waals surface area contributed by atoms with Gasteiger partial charge in [0.15, 0.2) is 5.11 Å². The number of anilines is 1. The summed E-state index contributed by atoms with van der Waals surface area (Å²) in [6.07, 6.45) is 0. The van der Waals surface area contributed by atoms with E-state index in [0.29, 0.717) is 0 Å². The van der Waals surface area contributed by atoms with Crippen molar-refractivity contribution >= 4 is 34.6 Å². The molecule has 1 atom stereocenters. The third-order valence-corrected chi connectivity index (χ3v) is 4.64. The average molecular weight is 320 g/mol. The van der Waals surface area contributed by atoms with Crippen LogP contribution in [0.15, 0.2) is 36.4 Å². The fourth-order valence-electron chi connectivity index (χ4n) is 2.83. The van der Waals surface area contributed by atoms with Crippen molar-refractivity contribution in [1.82, 2.24) is 9.47 Å². The minimum Gasteiger partial charge on any atom is -0.345 e. The van der Waals surface area contributed by atoms with Crippen LogP contribution in [0.2, 0.25) is 5.02 Å². The molecule has 3 rings (SSSR count). The highest BCUT2D eigenvalue weighted by Gasteiger charge is 2.26. The standard InChI is InChI=1S/C16H18ClN3S/c1-11-3-8-15-12(2)20(10-9-19(11)15)16(21)18-14-6-4-13(17)5-7-14/h3-8,12H,9-10H2,1-2H3,(H,18,21)/t12-/m1/s1. The zero-order valence-electron chi connectivity index (χ0n) is 12.1. The van der Waals surface area contributed by atoms with E-state index >= 15 is 0 Å². The van der Waals surface area contributed by atoms with Crippen molar-refractivity contribution in [1.29, 1.82) is 0 Å². The highest BCUT2D eigenvalue weighted by atomic mass is 35.5. The third kappa shape index (κ3) is 2.78. The van der Waals surface area contributed by atoms with Gasteiger partial charge in [0.25, 0.3) is 0 Å². The Morgan fingerprint density at radius 2 is 1.90 bits per heavy atom. The van der Waals surface area contributed by atoms with E-state index in [2.05, 4.69) is 40.8 Å². The summed E-state index contributed by atoms with van der Waals surface area (Å²) in [5.41, 5.74) is 3.60. The molecule has 1 aliphatic rings. The van der Waals surface area contributed by atoms with Gasteiger partial charge in [-0.05, 0) is 62.5 Å². The Morgan fingerprint density at radius 1 is 1.19 bits per heavy atom. The highest BCUT2D eigenvalue weighted by Crippen LogP contribution is 2.28. The Kier molecular flexibility index (Phi) is 3.91. The summed E-state index contributed by atoms with van der Waals surface area (Å²) in [5, 5.41) is 4.78. The lowest BCUT2D eigenvalue weighted by Gasteiger charge is -2.37. The van der Waals surface area contributed by atoms with Gasteiger partial charge >= 0.3 is 0 Å². The molecule has 2 heterocycles. The van der Waals surface area contributed by atoms with Crippen LogP contribution in [0.4, 0.5) is 5.69 Å². The molecule has 0 bridgehead atoms. The number of halogens is 1. The summed E-state index contributed by atoms with van der Waals surface area (Å²) in [6.45, 7) is 6.24. The second kappa shape index (κ2) is 5.70. The molecule has 0 fully saturated rings. The fourth-order valence-corrected chi connectivity index (χ4v) is 3.32. The van der Waals surface area contributed by atoms with E-state index in [0.717, 1.165) is 28.9 Å². The summed E-state index contributed by atoms with van der Waals surface area (Å²) in [5.74, 6) is 0. The maximum absolute atomic E-state index is 5.90. The van der Waals surface area contributed by atoms with E-state index in [4.69, 9.17) is 23.8 Å². The first-order valence-corrected chi connectivity index (χ1v) is 7.84. The fraction of sp³-hybridized carbons (Fsp3) is 0.312.